The van der Waals surface area contributed by atoms with E-state index in [1.165, 1.54) is 5.69 Å². The van der Waals surface area contributed by atoms with Gasteiger partial charge in [0.1, 0.15) is 0 Å². The normalized spacial score (nSPS) is 23.9. The molecule has 0 aliphatic carbocycles. The van der Waals surface area contributed by atoms with Crippen LogP contribution in [0.3, 0.4) is 0 Å². The van der Waals surface area contributed by atoms with Crippen LogP contribution in [0.1, 0.15) is 25.5 Å². The van der Waals surface area contributed by atoms with Crippen molar-refractivity contribution < 1.29 is 4.79 Å². The van der Waals surface area contributed by atoms with Gasteiger partial charge < -0.3 is 15.2 Å². The molecule has 1 aromatic heterocycles. The fourth-order valence-corrected chi connectivity index (χ4v) is 2.38. The zero-order valence-corrected chi connectivity index (χ0v) is 10.5. The highest BCUT2D eigenvalue weighted by Gasteiger charge is 2.33. The number of carbonyl (C=O) groups is 1. The number of imidazole rings is 1. The molecule has 0 aromatic carbocycles. The molecule has 1 aromatic rings. The van der Waals surface area contributed by atoms with Crippen molar-refractivity contribution >= 4 is 5.91 Å². The Morgan fingerprint density at radius 2 is 2.53 bits per heavy atom. The van der Waals surface area contributed by atoms with Crippen molar-refractivity contribution in [3.05, 3.63) is 18.2 Å². The van der Waals surface area contributed by atoms with Gasteiger partial charge in [0, 0.05) is 43.9 Å². The third-order valence-electron chi connectivity index (χ3n) is 3.56. The first kappa shape index (κ1) is 12.1. The topological polar surface area (TPSA) is 59.0 Å². The first-order valence-corrected chi connectivity index (χ1v) is 6.07. The fraction of sp³-hybridized carbons (Fsp3) is 0.667. The fourth-order valence-electron chi connectivity index (χ4n) is 2.38. The molecule has 1 aliphatic rings. The Balaban J connectivity index is 2.08. The highest BCUT2D eigenvalue weighted by Crippen LogP contribution is 2.29. The van der Waals surface area contributed by atoms with E-state index in [1.807, 2.05) is 12.5 Å². The van der Waals surface area contributed by atoms with Crippen LogP contribution in [0.5, 0.6) is 0 Å². The van der Waals surface area contributed by atoms with Crippen LogP contribution in [-0.2, 0) is 16.8 Å². The maximum absolute atomic E-state index is 11.3. The van der Waals surface area contributed by atoms with Crippen LogP contribution in [0.25, 0.3) is 0 Å². The van der Waals surface area contributed by atoms with E-state index in [2.05, 4.69) is 27.1 Å². The standard InChI is InChI=1S/C12H20N4O/c1-12(4-5-14-8-12)10-7-15-9-16(10)6-3-11(17)13-2/h7,9,14H,3-6,8H2,1-2H3,(H,13,17). The van der Waals surface area contributed by atoms with Crippen LogP contribution < -0.4 is 10.6 Å². The minimum Gasteiger partial charge on any atom is -0.359 e. The van der Waals surface area contributed by atoms with Crippen LogP contribution in [0.2, 0.25) is 0 Å². The molecule has 2 rings (SSSR count). The molecule has 1 amide bonds. The quantitative estimate of drug-likeness (QED) is 0.789. The van der Waals surface area contributed by atoms with Gasteiger partial charge in [-0.1, -0.05) is 6.92 Å². The molecule has 5 heteroatoms. The van der Waals surface area contributed by atoms with E-state index in [9.17, 15) is 4.79 Å². The van der Waals surface area contributed by atoms with Crippen molar-refractivity contribution in [1.29, 1.82) is 0 Å². The van der Waals surface area contributed by atoms with Gasteiger partial charge in [0.15, 0.2) is 0 Å². The van der Waals surface area contributed by atoms with Crippen molar-refractivity contribution in [2.75, 3.05) is 20.1 Å². The van der Waals surface area contributed by atoms with Crippen molar-refractivity contribution in [2.24, 2.45) is 0 Å². The SMILES string of the molecule is CNC(=O)CCn1cncc1C1(C)CCNC1. The molecule has 0 bridgehead atoms. The number of hydrogen-bond donors (Lipinski definition) is 2. The first-order chi connectivity index (χ1) is 8.15. The molecule has 0 spiro atoms. The average molecular weight is 236 g/mol. The van der Waals surface area contributed by atoms with E-state index < -0.39 is 0 Å². The summed E-state index contributed by atoms with van der Waals surface area (Å²) in [5, 5.41) is 6.02. The number of aryl methyl sites for hydroxylation is 1. The van der Waals surface area contributed by atoms with Gasteiger partial charge in [0.25, 0.3) is 0 Å². The van der Waals surface area contributed by atoms with Gasteiger partial charge in [-0.2, -0.15) is 0 Å². The Kier molecular flexibility index (Phi) is 3.47. The maximum atomic E-state index is 11.3. The number of amides is 1. The number of aromatic nitrogens is 2. The Labute approximate surface area is 102 Å². The smallest absolute Gasteiger partial charge is 0.221 e. The predicted octanol–water partition coefficient (Wildman–Crippen LogP) is 0.270. The molecule has 1 fully saturated rings. The molecule has 1 atom stereocenters. The number of hydrogen-bond acceptors (Lipinski definition) is 3. The molecular weight excluding hydrogens is 216 g/mol. The Morgan fingerprint density at radius 3 is 3.18 bits per heavy atom. The van der Waals surface area contributed by atoms with Crippen LogP contribution in [0.15, 0.2) is 12.5 Å². The van der Waals surface area contributed by atoms with Crippen LogP contribution in [0.4, 0.5) is 0 Å². The van der Waals surface area contributed by atoms with Gasteiger partial charge in [-0.25, -0.2) is 4.98 Å². The van der Waals surface area contributed by atoms with Crippen molar-refractivity contribution in [1.82, 2.24) is 20.2 Å². The van der Waals surface area contributed by atoms with Crippen LogP contribution in [-0.4, -0.2) is 35.6 Å². The minimum absolute atomic E-state index is 0.0688. The first-order valence-electron chi connectivity index (χ1n) is 6.07. The lowest BCUT2D eigenvalue weighted by Crippen LogP contribution is -2.29. The second-order valence-electron chi connectivity index (χ2n) is 4.88. The summed E-state index contributed by atoms with van der Waals surface area (Å²) in [5.74, 6) is 0.0688. The lowest BCUT2D eigenvalue weighted by molar-refractivity contribution is -0.120. The summed E-state index contributed by atoms with van der Waals surface area (Å²) in [7, 11) is 1.67. The van der Waals surface area contributed by atoms with Crippen molar-refractivity contribution in [2.45, 2.75) is 31.7 Å². The Morgan fingerprint density at radius 1 is 1.71 bits per heavy atom. The zero-order chi connectivity index (χ0) is 12.3. The molecule has 1 saturated heterocycles. The van der Waals surface area contributed by atoms with E-state index in [0.29, 0.717) is 13.0 Å². The highest BCUT2D eigenvalue weighted by atomic mass is 16.1. The Bertz CT molecular complexity index is 393. The molecule has 0 radical (unpaired) electrons. The van der Waals surface area contributed by atoms with Crippen LogP contribution >= 0.6 is 0 Å². The van der Waals surface area contributed by atoms with E-state index in [0.717, 1.165) is 19.5 Å². The molecule has 1 unspecified atom stereocenters. The second kappa shape index (κ2) is 4.87. The maximum Gasteiger partial charge on any atom is 0.221 e. The summed E-state index contributed by atoms with van der Waals surface area (Å²) in [4.78, 5) is 15.5. The summed E-state index contributed by atoms with van der Waals surface area (Å²) in [6, 6.07) is 0. The van der Waals surface area contributed by atoms with Gasteiger partial charge in [0.2, 0.25) is 5.91 Å². The molecule has 17 heavy (non-hydrogen) atoms. The molecular formula is C12H20N4O. The van der Waals surface area contributed by atoms with E-state index >= 15 is 0 Å². The summed E-state index contributed by atoms with van der Waals surface area (Å²) in [5.41, 5.74) is 1.38. The molecule has 2 heterocycles. The summed E-state index contributed by atoms with van der Waals surface area (Å²) >= 11 is 0. The largest absolute Gasteiger partial charge is 0.359 e. The summed E-state index contributed by atoms with van der Waals surface area (Å²) in [6.07, 6.45) is 5.38. The van der Waals surface area contributed by atoms with E-state index in [-0.39, 0.29) is 11.3 Å². The van der Waals surface area contributed by atoms with Crippen LogP contribution in [0, 0.1) is 0 Å². The van der Waals surface area contributed by atoms with Gasteiger partial charge in [-0.15, -0.1) is 0 Å². The third kappa shape index (κ3) is 2.49. The molecule has 0 saturated carbocycles. The zero-order valence-electron chi connectivity index (χ0n) is 10.5. The van der Waals surface area contributed by atoms with Gasteiger partial charge in [0.05, 0.1) is 6.33 Å². The van der Waals surface area contributed by atoms with E-state index in [4.69, 9.17) is 0 Å². The number of rotatable bonds is 4. The summed E-state index contributed by atoms with van der Waals surface area (Å²) in [6.45, 7) is 4.99. The highest BCUT2D eigenvalue weighted by molar-refractivity contribution is 5.75. The Hall–Kier alpha value is -1.36. The van der Waals surface area contributed by atoms with Gasteiger partial charge >= 0.3 is 0 Å². The lowest BCUT2D eigenvalue weighted by Gasteiger charge is -2.24. The summed E-state index contributed by atoms with van der Waals surface area (Å²) < 4.78 is 2.10. The number of nitrogens with one attached hydrogen (secondary N) is 2. The molecule has 1 aliphatic heterocycles. The van der Waals surface area contributed by atoms with Crippen molar-refractivity contribution in [3.63, 3.8) is 0 Å². The average Bonchev–Trinajstić information content (AvgIpc) is 2.95. The minimum atomic E-state index is 0.0688. The number of nitrogens with zero attached hydrogens (tertiary/aromatic N) is 2. The monoisotopic (exact) mass is 236 g/mol. The molecule has 94 valence electrons. The van der Waals surface area contributed by atoms with Crippen molar-refractivity contribution in [3.8, 4) is 0 Å². The third-order valence-corrected chi connectivity index (χ3v) is 3.56. The second-order valence-corrected chi connectivity index (χ2v) is 4.88. The molecule has 5 nitrogen and oxygen atoms in total. The van der Waals surface area contributed by atoms with Gasteiger partial charge in [-0.3, -0.25) is 4.79 Å². The predicted molar refractivity (Wildman–Crippen MR) is 65.7 cm³/mol. The van der Waals surface area contributed by atoms with Gasteiger partial charge in [-0.05, 0) is 13.0 Å². The molecule has 2 N–H and O–H groups in total. The lowest BCUT2D eigenvalue weighted by atomic mass is 9.86. The number of carbonyl (C=O) groups excluding carboxylic acids is 1. The van der Waals surface area contributed by atoms with E-state index in [1.54, 1.807) is 7.05 Å².